The van der Waals surface area contributed by atoms with Crippen molar-refractivity contribution in [3.63, 3.8) is 0 Å². The fourth-order valence-corrected chi connectivity index (χ4v) is 4.92. The fraction of sp³-hybridized carbons (Fsp3) is 0.280. The molecule has 0 saturated heterocycles. The van der Waals surface area contributed by atoms with Crippen molar-refractivity contribution in [2.75, 3.05) is 10.6 Å². The van der Waals surface area contributed by atoms with E-state index in [1.807, 2.05) is 53.2 Å². The highest BCUT2D eigenvalue weighted by atomic mass is 32.1. The molecule has 2 aromatic heterocycles. The van der Waals surface area contributed by atoms with Crippen molar-refractivity contribution in [3.8, 4) is 11.4 Å². The Hall–Kier alpha value is -3.16. The predicted octanol–water partition coefficient (Wildman–Crippen LogP) is 5.85. The SMILES string of the molecule is O=C(Nc1ccc(-c2nc3ccc(NC(O)C4CCCCC4)cc3[nH]2)cc1)c1ccsc1. The van der Waals surface area contributed by atoms with Crippen LogP contribution in [0.4, 0.5) is 11.4 Å². The van der Waals surface area contributed by atoms with Crippen LogP contribution in [0, 0.1) is 5.92 Å². The van der Waals surface area contributed by atoms with Crippen LogP contribution in [0.25, 0.3) is 22.4 Å². The molecule has 2 heterocycles. The number of H-pyrrole nitrogens is 1. The van der Waals surface area contributed by atoms with Gasteiger partial charge < -0.3 is 20.7 Å². The largest absolute Gasteiger partial charge is 0.374 e. The number of fused-ring (bicyclic) bond motifs is 1. The normalized spacial score (nSPS) is 15.5. The van der Waals surface area contributed by atoms with Crippen molar-refractivity contribution in [1.29, 1.82) is 0 Å². The van der Waals surface area contributed by atoms with Gasteiger partial charge in [-0.3, -0.25) is 4.79 Å². The van der Waals surface area contributed by atoms with Crippen molar-refractivity contribution in [2.45, 2.75) is 38.3 Å². The van der Waals surface area contributed by atoms with Gasteiger partial charge in [0.05, 0.1) is 16.6 Å². The number of imidazole rings is 1. The van der Waals surface area contributed by atoms with Crippen LogP contribution in [0.1, 0.15) is 42.5 Å². The minimum atomic E-state index is -0.521. The van der Waals surface area contributed by atoms with E-state index in [2.05, 4.69) is 15.6 Å². The number of hydrogen-bond donors (Lipinski definition) is 4. The smallest absolute Gasteiger partial charge is 0.256 e. The molecule has 0 radical (unpaired) electrons. The molecule has 1 amide bonds. The monoisotopic (exact) mass is 446 g/mol. The zero-order valence-electron chi connectivity index (χ0n) is 17.7. The zero-order valence-corrected chi connectivity index (χ0v) is 18.5. The van der Waals surface area contributed by atoms with Crippen LogP contribution in [-0.4, -0.2) is 27.2 Å². The number of anilines is 2. The number of rotatable bonds is 6. The number of benzene rings is 2. The van der Waals surface area contributed by atoms with Gasteiger partial charge in [0.2, 0.25) is 0 Å². The number of hydrogen-bond acceptors (Lipinski definition) is 5. The summed E-state index contributed by atoms with van der Waals surface area (Å²) in [7, 11) is 0. The van der Waals surface area contributed by atoms with Gasteiger partial charge in [-0.1, -0.05) is 19.3 Å². The minimum Gasteiger partial charge on any atom is -0.374 e. The molecule has 1 aliphatic rings. The highest BCUT2D eigenvalue weighted by Gasteiger charge is 2.21. The molecule has 1 saturated carbocycles. The van der Waals surface area contributed by atoms with E-state index >= 15 is 0 Å². The maximum Gasteiger partial charge on any atom is 0.256 e. The summed E-state index contributed by atoms with van der Waals surface area (Å²) in [6, 6.07) is 15.3. The van der Waals surface area contributed by atoms with Gasteiger partial charge in [0, 0.05) is 28.2 Å². The molecule has 1 atom stereocenters. The molecular weight excluding hydrogens is 420 g/mol. The topological polar surface area (TPSA) is 90.0 Å². The molecule has 164 valence electrons. The fourth-order valence-electron chi connectivity index (χ4n) is 4.28. The number of aliphatic hydroxyl groups excluding tert-OH is 1. The molecule has 32 heavy (non-hydrogen) atoms. The van der Waals surface area contributed by atoms with Gasteiger partial charge in [-0.15, -0.1) is 0 Å². The van der Waals surface area contributed by atoms with Gasteiger partial charge in [-0.25, -0.2) is 4.98 Å². The molecule has 6 nitrogen and oxygen atoms in total. The van der Waals surface area contributed by atoms with Crippen molar-refractivity contribution < 1.29 is 9.90 Å². The second-order valence-corrected chi connectivity index (χ2v) is 9.13. The number of aromatic nitrogens is 2. The van der Waals surface area contributed by atoms with Gasteiger partial charge in [-0.05, 0) is 66.8 Å². The lowest BCUT2D eigenvalue weighted by molar-refractivity contribution is 0.102. The van der Waals surface area contributed by atoms with Crippen LogP contribution in [-0.2, 0) is 0 Å². The second kappa shape index (κ2) is 9.14. The third-order valence-electron chi connectivity index (χ3n) is 6.09. The highest BCUT2D eigenvalue weighted by molar-refractivity contribution is 7.08. The molecule has 1 unspecified atom stereocenters. The van der Waals surface area contributed by atoms with Crippen molar-refractivity contribution in [3.05, 3.63) is 64.9 Å². The van der Waals surface area contributed by atoms with E-state index in [1.54, 1.807) is 6.07 Å². The van der Waals surface area contributed by atoms with E-state index in [1.165, 1.54) is 30.6 Å². The molecule has 1 aliphatic carbocycles. The minimum absolute atomic E-state index is 0.113. The number of nitrogens with zero attached hydrogens (tertiary/aromatic N) is 1. The lowest BCUT2D eigenvalue weighted by Gasteiger charge is -2.27. The number of carbonyl (C=O) groups excluding carboxylic acids is 1. The van der Waals surface area contributed by atoms with Crippen LogP contribution in [0.3, 0.4) is 0 Å². The van der Waals surface area contributed by atoms with E-state index < -0.39 is 6.23 Å². The van der Waals surface area contributed by atoms with E-state index in [0.29, 0.717) is 11.5 Å². The van der Waals surface area contributed by atoms with Crippen molar-refractivity contribution in [1.82, 2.24) is 9.97 Å². The van der Waals surface area contributed by atoms with Gasteiger partial charge in [-0.2, -0.15) is 11.3 Å². The molecule has 0 aliphatic heterocycles. The molecule has 0 spiro atoms. The van der Waals surface area contributed by atoms with Crippen LogP contribution < -0.4 is 10.6 Å². The molecule has 2 aromatic carbocycles. The quantitative estimate of drug-likeness (QED) is 0.280. The summed E-state index contributed by atoms with van der Waals surface area (Å²) in [5.74, 6) is 0.967. The average Bonchev–Trinajstić information content (AvgIpc) is 3.50. The third-order valence-corrected chi connectivity index (χ3v) is 6.78. The Balaban J connectivity index is 1.28. The summed E-state index contributed by atoms with van der Waals surface area (Å²) in [5, 5.41) is 20.4. The van der Waals surface area contributed by atoms with E-state index in [9.17, 15) is 9.90 Å². The first-order valence-corrected chi connectivity index (χ1v) is 12.0. The first-order chi connectivity index (χ1) is 15.7. The Morgan fingerprint density at radius 3 is 2.59 bits per heavy atom. The van der Waals surface area contributed by atoms with Gasteiger partial charge in [0.25, 0.3) is 5.91 Å². The third kappa shape index (κ3) is 4.54. The Kier molecular flexibility index (Phi) is 5.92. The Labute approximate surface area is 190 Å². The number of thiophene rings is 1. The van der Waals surface area contributed by atoms with Crippen LogP contribution in [0.2, 0.25) is 0 Å². The summed E-state index contributed by atoms with van der Waals surface area (Å²) >= 11 is 1.50. The molecule has 4 aromatic rings. The lowest BCUT2D eigenvalue weighted by atomic mass is 9.88. The highest BCUT2D eigenvalue weighted by Crippen LogP contribution is 2.29. The van der Waals surface area contributed by atoms with Crippen molar-refractivity contribution >= 4 is 39.7 Å². The van der Waals surface area contributed by atoms with E-state index in [0.717, 1.165) is 46.6 Å². The van der Waals surface area contributed by atoms with E-state index in [4.69, 9.17) is 4.98 Å². The number of aromatic amines is 1. The Morgan fingerprint density at radius 2 is 1.84 bits per heavy atom. The number of aliphatic hydroxyl groups is 1. The van der Waals surface area contributed by atoms with Crippen molar-refractivity contribution in [2.24, 2.45) is 5.92 Å². The van der Waals surface area contributed by atoms with Gasteiger partial charge in [0.1, 0.15) is 12.1 Å². The zero-order chi connectivity index (χ0) is 21.9. The summed E-state index contributed by atoms with van der Waals surface area (Å²) in [4.78, 5) is 20.3. The molecule has 0 bridgehead atoms. The Bertz CT molecular complexity index is 1190. The second-order valence-electron chi connectivity index (χ2n) is 8.35. The standard InChI is InChI=1S/C25H26N4O2S/c30-24(17-4-2-1-3-5-17)27-20-10-11-21-22(14-20)29-23(28-21)16-6-8-19(9-7-16)26-25(31)18-12-13-32-15-18/h6-15,17,24,27,30H,1-5H2,(H,26,31)(H,28,29). The number of nitrogens with one attached hydrogen (secondary N) is 3. The maximum atomic E-state index is 12.2. The van der Waals surface area contributed by atoms with Crippen LogP contribution in [0.15, 0.2) is 59.3 Å². The summed E-state index contributed by atoms with van der Waals surface area (Å²) in [5.41, 5.74) is 5.01. The number of carbonyl (C=O) groups is 1. The maximum absolute atomic E-state index is 12.2. The predicted molar refractivity (Wildman–Crippen MR) is 130 cm³/mol. The van der Waals surface area contributed by atoms with Crippen LogP contribution >= 0.6 is 11.3 Å². The summed E-state index contributed by atoms with van der Waals surface area (Å²) in [6.45, 7) is 0. The van der Waals surface area contributed by atoms with Gasteiger partial charge >= 0.3 is 0 Å². The lowest BCUT2D eigenvalue weighted by Crippen LogP contribution is -2.30. The molecule has 7 heteroatoms. The first kappa shape index (κ1) is 20.7. The first-order valence-electron chi connectivity index (χ1n) is 11.0. The van der Waals surface area contributed by atoms with Crippen LogP contribution in [0.5, 0.6) is 0 Å². The van der Waals surface area contributed by atoms with Gasteiger partial charge in [0.15, 0.2) is 0 Å². The van der Waals surface area contributed by atoms with E-state index in [-0.39, 0.29) is 5.91 Å². The Morgan fingerprint density at radius 1 is 1.06 bits per heavy atom. The molecule has 4 N–H and O–H groups in total. The molecular formula is C25H26N4O2S. The summed E-state index contributed by atoms with van der Waals surface area (Å²) < 4.78 is 0. The number of amides is 1. The summed E-state index contributed by atoms with van der Waals surface area (Å²) in [6.07, 6.45) is 5.30. The molecule has 1 fully saturated rings. The average molecular weight is 447 g/mol. The molecule has 5 rings (SSSR count).